The molecule has 2 heterocycles. The van der Waals surface area contributed by atoms with Gasteiger partial charge in [0.25, 0.3) is 5.91 Å². The number of anilines is 2. The van der Waals surface area contributed by atoms with Gasteiger partial charge in [-0.25, -0.2) is 8.42 Å². The van der Waals surface area contributed by atoms with E-state index in [4.69, 9.17) is 9.47 Å². The Balaban J connectivity index is 1.50. The lowest BCUT2D eigenvalue weighted by Gasteiger charge is -2.14. The molecule has 0 unspecified atom stereocenters. The Labute approximate surface area is 185 Å². The highest BCUT2D eigenvalue weighted by molar-refractivity contribution is 8.15. The van der Waals surface area contributed by atoms with E-state index in [1.807, 2.05) is 13.0 Å². The van der Waals surface area contributed by atoms with Gasteiger partial charge in [-0.3, -0.25) is 9.79 Å². The number of amides is 1. The van der Waals surface area contributed by atoms with Gasteiger partial charge in [-0.15, -0.1) is 0 Å². The Morgan fingerprint density at radius 1 is 1.10 bits per heavy atom. The first-order valence-corrected chi connectivity index (χ1v) is 12.3. The van der Waals surface area contributed by atoms with Crippen molar-refractivity contribution in [1.29, 1.82) is 0 Å². The molecule has 31 heavy (non-hydrogen) atoms. The quantitative estimate of drug-likeness (QED) is 0.705. The predicted octanol–water partition coefficient (Wildman–Crippen LogP) is 2.94. The van der Waals surface area contributed by atoms with Crippen LogP contribution in [0, 0.1) is 6.92 Å². The average Bonchev–Trinajstić information content (AvgIpc) is 3.22. The van der Waals surface area contributed by atoms with Crippen LogP contribution in [-0.2, 0) is 9.84 Å². The molecule has 0 saturated carbocycles. The molecular formula is C21H23N3O5S2. The number of rotatable bonds is 5. The Morgan fingerprint density at radius 3 is 2.61 bits per heavy atom. The number of carbonyl (C=O) groups is 1. The average molecular weight is 462 g/mol. The summed E-state index contributed by atoms with van der Waals surface area (Å²) in [7, 11) is 0.0944. The van der Waals surface area contributed by atoms with E-state index in [0.29, 0.717) is 27.9 Å². The number of fused-ring (bicyclic) bond motifs is 1. The lowest BCUT2D eigenvalue weighted by Crippen LogP contribution is -2.15. The third-order valence-corrected chi connectivity index (χ3v) is 8.36. The number of carbonyl (C=O) groups excluding carboxylic acids is 1. The van der Waals surface area contributed by atoms with Crippen molar-refractivity contribution in [3.05, 3.63) is 47.5 Å². The molecule has 2 N–H and O–H groups in total. The van der Waals surface area contributed by atoms with Gasteiger partial charge in [-0.05, 0) is 36.8 Å². The Kier molecular flexibility index (Phi) is 5.85. The fourth-order valence-electron chi connectivity index (χ4n) is 3.53. The van der Waals surface area contributed by atoms with Crippen molar-refractivity contribution in [1.82, 2.24) is 0 Å². The van der Waals surface area contributed by atoms with Crippen molar-refractivity contribution in [2.75, 3.05) is 36.4 Å². The standard InChI is InChI=1S/C21H23N3O5S2/c1-12-4-5-13(20(25)22-15-7-6-14(28-2)9-18(15)29-3)8-16(12)23-21-24-17-10-31(26,27)11-19(17)30-21/h4-9,17,19H,10-11H2,1-3H3,(H,22,25)(H,23,24)/t17-,19-/m1/s1. The minimum absolute atomic E-state index is 0.0400. The number of hydrogen-bond donors (Lipinski definition) is 2. The lowest BCUT2D eigenvalue weighted by molar-refractivity contribution is 0.102. The zero-order valence-corrected chi connectivity index (χ0v) is 19.0. The molecule has 0 aromatic heterocycles. The summed E-state index contributed by atoms with van der Waals surface area (Å²) in [5, 5.41) is 6.76. The lowest BCUT2D eigenvalue weighted by atomic mass is 10.1. The van der Waals surface area contributed by atoms with Crippen molar-refractivity contribution in [2.24, 2.45) is 4.99 Å². The molecule has 10 heteroatoms. The fraction of sp³-hybridized carbons (Fsp3) is 0.333. The summed E-state index contributed by atoms with van der Waals surface area (Å²) in [6.07, 6.45) is 0. The van der Waals surface area contributed by atoms with E-state index in [1.54, 1.807) is 37.4 Å². The van der Waals surface area contributed by atoms with Gasteiger partial charge < -0.3 is 20.1 Å². The Bertz CT molecular complexity index is 1160. The number of nitrogens with zero attached hydrogens (tertiary/aromatic N) is 1. The summed E-state index contributed by atoms with van der Waals surface area (Å²) in [5.41, 5.74) is 2.71. The Hall–Kier alpha value is -2.72. The maximum absolute atomic E-state index is 12.8. The number of benzene rings is 2. The number of hydrogen-bond acceptors (Lipinski definition) is 8. The summed E-state index contributed by atoms with van der Waals surface area (Å²) in [4.78, 5) is 17.4. The molecule has 1 saturated heterocycles. The molecule has 0 aliphatic carbocycles. The monoisotopic (exact) mass is 461 g/mol. The molecule has 2 aromatic carbocycles. The zero-order valence-electron chi connectivity index (χ0n) is 17.3. The molecule has 164 valence electrons. The molecule has 1 fully saturated rings. The number of amidine groups is 1. The minimum Gasteiger partial charge on any atom is -0.497 e. The number of aliphatic imine (C=N–C) groups is 1. The third kappa shape index (κ3) is 4.64. The van der Waals surface area contributed by atoms with Crippen molar-refractivity contribution in [2.45, 2.75) is 18.2 Å². The van der Waals surface area contributed by atoms with Crippen LogP contribution in [0.4, 0.5) is 11.4 Å². The molecule has 0 radical (unpaired) electrons. The molecule has 0 bridgehead atoms. The highest BCUT2D eigenvalue weighted by atomic mass is 32.2. The summed E-state index contributed by atoms with van der Waals surface area (Å²) in [6.45, 7) is 1.93. The van der Waals surface area contributed by atoms with Crippen LogP contribution in [0.25, 0.3) is 0 Å². The predicted molar refractivity (Wildman–Crippen MR) is 124 cm³/mol. The molecule has 0 spiro atoms. The molecule has 8 nitrogen and oxygen atoms in total. The van der Waals surface area contributed by atoms with Crippen LogP contribution in [0.5, 0.6) is 11.5 Å². The van der Waals surface area contributed by atoms with Gasteiger partial charge >= 0.3 is 0 Å². The first kappa shape index (κ1) is 21.5. The second-order valence-corrected chi connectivity index (χ2v) is 10.8. The van der Waals surface area contributed by atoms with Crippen molar-refractivity contribution in [3.63, 3.8) is 0 Å². The van der Waals surface area contributed by atoms with Crippen molar-refractivity contribution >= 4 is 44.0 Å². The largest absolute Gasteiger partial charge is 0.497 e. The fourth-order valence-corrected chi connectivity index (χ4v) is 7.19. The highest BCUT2D eigenvalue weighted by Gasteiger charge is 2.42. The first-order chi connectivity index (χ1) is 14.8. The number of methoxy groups -OCH3 is 2. The number of aryl methyl sites for hydroxylation is 1. The molecular weight excluding hydrogens is 438 g/mol. The molecule has 2 aromatic rings. The third-order valence-electron chi connectivity index (χ3n) is 5.22. The highest BCUT2D eigenvalue weighted by Crippen LogP contribution is 2.35. The van der Waals surface area contributed by atoms with Gasteiger partial charge in [0.2, 0.25) is 0 Å². The minimum atomic E-state index is -2.99. The van der Waals surface area contributed by atoms with E-state index in [9.17, 15) is 13.2 Å². The number of thioether (sulfide) groups is 1. The van der Waals surface area contributed by atoms with Crippen LogP contribution in [-0.4, -0.2) is 56.5 Å². The normalized spacial score (nSPS) is 21.2. The second kappa shape index (κ2) is 8.43. The summed E-state index contributed by atoms with van der Waals surface area (Å²) < 4.78 is 34.0. The maximum atomic E-state index is 12.8. The van der Waals surface area contributed by atoms with Gasteiger partial charge in [0.15, 0.2) is 15.0 Å². The van der Waals surface area contributed by atoms with Crippen LogP contribution >= 0.6 is 11.8 Å². The SMILES string of the molecule is COc1ccc(NC(=O)c2ccc(C)c(NC3=N[C@@H]4CS(=O)(=O)C[C@H]4S3)c2)c(OC)c1. The van der Waals surface area contributed by atoms with Crippen LogP contribution in [0.3, 0.4) is 0 Å². The van der Waals surface area contributed by atoms with Gasteiger partial charge in [-0.1, -0.05) is 17.8 Å². The van der Waals surface area contributed by atoms with Crippen LogP contribution in [0.15, 0.2) is 41.4 Å². The summed E-state index contributed by atoms with van der Waals surface area (Å²) in [6, 6.07) is 10.3. The van der Waals surface area contributed by atoms with E-state index in [2.05, 4.69) is 15.6 Å². The molecule has 2 aliphatic heterocycles. The summed E-state index contributed by atoms with van der Waals surface area (Å²) in [5.74, 6) is 1.10. The second-order valence-electron chi connectivity index (χ2n) is 7.41. The van der Waals surface area contributed by atoms with E-state index in [-0.39, 0.29) is 28.7 Å². The Morgan fingerprint density at radius 2 is 1.90 bits per heavy atom. The van der Waals surface area contributed by atoms with Crippen molar-refractivity contribution in [3.8, 4) is 11.5 Å². The van der Waals surface area contributed by atoms with Gasteiger partial charge in [0, 0.05) is 22.6 Å². The van der Waals surface area contributed by atoms with Gasteiger partial charge in [-0.2, -0.15) is 0 Å². The van der Waals surface area contributed by atoms with Crippen LogP contribution in [0.1, 0.15) is 15.9 Å². The molecule has 2 aliphatic rings. The van der Waals surface area contributed by atoms with Crippen molar-refractivity contribution < 1.29 is 22.7 Å². The zero-order chi connectivity index (χ0) is 22.2. The molecule has 2 atom stereocenters. The first-order valence-electron chi connectivity index (χ1n) is 9.64. The van der Waals surface area contributed by atoms with E-state index >= 15 is 0 Å². The maximum Gasteiger partial charge on any atom is 0.255 e. The number of ether oxygens (including phenoxy) is 2. The van der Waals surface area contributed by atoms with E-state index in [1.165, 1.54) is 18.9 Å². The smallest absolute Gasteiger partial charge is 0.255 e. The van der Waals surface area contributed by atoms with E-state index < -0.39 is 9.84 Å². The number of sulfone groups is 1. The van der Waals surface area contributed by atoms with Gasteiger partial charge in [0.1, 0.15) is 11.5 Å². The topological polar surface area (TPSA) is 106 Å². The van der Waals surface area contributed by atoms with Gasteiger partial charge in [0.05, 0.1) is 37.5 Å². The molecule has 4 rings (SSSR count). The van der Waals surface area contributed by atoms with Crippen LogP contribution < -0.4 is 20.1 Å². The summed E-state index contributed by atoms with van der Waals surface area (Å²) >= 11 is 1.44. The molecule has 1 amide bonds. The van der Waals surface area contributed by atoms with E-state index in [0.717, 1.165) is 11.3 Å². The van der Waals surface area contributed by atoms with Crippen LogP contribution in [0.2, 0.25) is 0 Å². The number of nitrogens with one attached hydrogen (secondary N) is 2.